The third-order valence-electron chi connectivity index (χ3n) is 2.96. The summed E-state index contributed by atoms with van der Waals surface area (Å²) in [6.07, 6.45) is 0.454. The van der Waals surface area contributed by atoms with Gasteiger partial charge in [-0.25, -0.2) is 0 Å². The molecule has 0 fully saturated rings. The van der Waals surface area contributed by atoms with Crippen molar-refractivity contribution in [3.05, 3.63) is 51.7 Å². The lowest BCUT2D eigenvalue weighted by atomic mass is 10.1. The first-order valence-corrected chi connectivity index (χ1v) is 7.23. The number of amides is 1. The summed E-state index contributed by atoms with van der Waals surface area (Å²) in [5, 5.41) is 12.0. The predicted octanol–water partition coefficient (Wildman–Crippen LogP) is 1.95. The zero-order valence-corrected chi connectivity index (χ0v) is 12.1. The maximum absolute atomic E-state index is 11.9. The van der Waals surface area contributed by atoms with Gasteiger partial charge in [0, 0.05) is 9.75 Å². The lowest BCUT2D eigenvalue weighted by Gasteiger charge is -2.12. The Morgan fingerprint density at radius 2 is 2.00 bits per heavy atom. The number of phenolic OH excluding ortho intramolecular Hbond substituents is 1. The number of thiophene rings is 1. The Kier molecular flexibility index (Phi) is 4.76. The Balaban J connectivity index is 1.84. The smallest absolute Gasteiger partial charge is 0.237 e. The van der Waals surface area contributed by atoms with Crippen LogP contribution in [0.1, 0.15) is 15.3 Å². The van der Waals surface area contributed by atoms with Crippen LogP contribution >= 0.6 is 11.3 Å². The number of nitrogens with two attached hydrogens (primary N) is 1. The van der Waals surface area contributed by atoms with Gasteiger partial charge in [0.05, 0.1) is 12.6 Å². The minimum absolute atomic E-state index is 0.163. The van der Waals surface area contributed by atoms with E-state index in [0.717, 1.165) is 10.4 Å². The molecule has 1 atom stereocenters. The molecule has 5 heteroatoms. The van der Waals surface area contributed by atoms with Gasteiger partial charge in [0.15, 0.2) is 0 Å². The number of aryl methyl sites for hydroxylation is 1. The number of nitrogens with one attached hydrogen (secondary N) is 1. The van der Waals surface area contributed by atoms with Crippen LogP contribution in [0.15, 0.2) is 36.4 Å². The molecule has 4 N–H and O–H groups in total. The topological polar surface area (TPSA) is 75.4 Å². The third-order valence-corrected chi connectivity index (χ3v) is 3.96. The number of hydrogen-bond acceptors (Lipinski definition) is 4. The second-order valence-corrected chi connectivity index (χ2v) is 6.08. The van der Waals surface area contributed by atoms with Gasteiger partial charge in [-0.2, -0.15) is 0 Å². The van der Waals surface area contributed by atoms with Gasteiger partial charge >= 0.3 is 0 Å². The van der Waals surface area contributed by atoms with E-state index in [2.05, 4.69) is 5.32 Å². The van der Waals surface area contributed by atoms with Crippen molar-refractivity contribution < 1.29 is 9.90 Å². The molecule has 1 heterocycles. The highest BCUT2D eigenvalue weighted by molar-refractivity contribution is 7.11. The van der Waals surface area contributed by atoms with Crippen LogP contribution < -0.4 is 11.1 Å². The largest absolute Gasteiger partial charge is 0.508 e. The van der Waals surface area contributed by atoms with Gasteiger partial charge in [-0.3, -0.25) is 4.79 Å². The number of hydrogen-bond donors (Lipinski definition) is 3. The molecule has 2 aromatic rings. The molecule has 2 rings (SSSR count). The van der Waals surface area contributed by atoms with Crippen molar-refractivity contribution in [2.75, 3.05) is 0 Å². The quantitative estimate of drug-likeness (QED) is 0.788. The first-order chi connectivity index (χ1) is 9.54. The standard InChI is InChI=1S/C15H18N2O2S/c1-10-2-7-13(20-10)9-17-15(19)14(16)8-11-3-5-12(18)6-4-11/h2-7,14,18H,8-9,16H2,1H3,(H,17,19)/t14-/m1/s1. The summed E-state index contributed by atoms with van der Waals surface area (Å²) >= 11 is 1.66. The highest BCUT2D eigenvalue weighted by Crippen LogP contribution is 2.14. The Morgan fingerprint density at radius 3 is 2.60 bits per heavy atom. The molecule has 0 saturated heterocycles. The molecule has 0 unspecified atom stereocenters. The van der Waals surface area contributed by atoms with E-state index < -0.39 is 6.04 Å². The minimum Gasteiger partial charge on any atom is -0.508 e. The molecule has 0 saturated carbocycles. The Bertz CT molecular complexity index is 578. The monoisotopic (exact) mass is 290 g/mol. The fourth-order valence-corrected chi connectivity index (χ4v) is 2.69. The van der Waals surface area contributed by atoms with Crippen molar-refractivity contribution in [1.29, 1.82) is 0 Å². The molecule has 20 heavy (non-hydrogen) atoms. The maximum Gasteiger partial charge on any atom is 0.237 e. The summed E-state index contributed by atoms with van der Waals surface area (Å²) in [5.74, 6) is 0.0453. The van der Waals surface area contributed by atoms with Crippen LogP contribution in [0.25, 0.3) is 0 Å². The van der Waals surface area contributed by atoms with Crippen LogP contribution in [0.4, 0.5) is 0 Å². The van der Waals surface area contributed by atoms with Gasteiger partial charge in [0.25, 0.3) is 0 Å². The van der Waals surface area contributed by atoms with Gasteiger partial charge in [0.2, 0.25) is 5.91 Å². The van der Waals surface area contributed by atoms with Crippen LogP contribution in [0.5, 0.6) is 5.75 Å². The van der Waals surface area contributed by atoms with Gasteiger partial charge < -0.3 is 16.2 Å². The first kappa shape index (κ1) is 14.6. The Hall–Kier alpha value is -1.85. The van der Waals surface area contributed by atoms with Crippen LogP contribution in [-0.2, 0) is 17.8 Å². The molecule has 0 bridgehead atoms. The summed E-state index contributed by atoms with van der Waals surface area (Å²) in [7, 11) is 0. The molecule has 1 aromatic carbocycles. The van der Waals surface area contributed by atoms with Gasteiger partial charge in [-0.05, 0) is 43.2 Å². The second-order valence-electron chi connectivity index (χ2n) is 4.71. The molecule has 0 aliphatic carbocycles. The van der Waals surface area contributed by atoms with Crippen molar-refractivity contribution >= 4 is 17.2 Å². The zero-order valence-electron chi connectivity index (χ0n) is 11.3. The van der Waals surface area contributed by atoms with Gasteiger partial charge in [0.1, 0.15) is 5.75 Å². The Labute approximate surface area is 122 Å². The fourth-order valence-electron chi connectivity index (χ4n) is 1.86. The summed E-state index contributed by atoms with van der Waals surface area (Å²) < 4.78 is 0. The van der Waals surface area contributed by atoms with Gasteiger partial charge in [-0.1, -0.05) is 12.1 Å². The van der Waals surface area contributed by atoms with Crippen molar-refractivity contribution in [1.82, 2.24) is 5.32 Å². The van der Waals surface area contributed by atoms with E-state index in [1.165, 1.54) is 4.88 Å². The molecule has 1 amide bonds. The van der Waals surface area contributed by atoms with E-state index in [9.17, 15) is 9.90 Å². The molecule has 0 aliphatic rings. The average Bonchev–Trinajstić information content (AvgIpc) is 2.84. The van der Waals surface area contributed by atoms with E-state index in [-0.39, 0.29) is 11.7 Å². The van der Waals surface area contributed by atoms with E-state index in [0.29, 0.717) is 13.0 Å². The number of carbonyl (C=O) groups excluding carboxylic acids is 1. The number of rotatable bonds is 5. The number of benzene rings is 1. The van der Waals surface area contributed by atoms with Crippen molar-refractivity contribution in [2.45, 2.75) is 25.9 Å². The molecule has 4 nitrogen and oxygen atoms in total. The third kappa shape index (κ3) is 4.08. The van der Waals surface area contributed by atoms with E-state index in [1.807, 2.05) is 19.1 Å². The first-order valence-electron chi connectivity index (χ1n) is 6.41. The second kappa shape index (κ2) is 6.54. The molecule has 1 aromatic heterocycles. The van der Waals surface area contributed by atoms with E-state index in [1.54, 1.807) is 35.6 Å². The molecular weight excluding hydrogens is 272 g/mol. The lowest BCUT2D eigenvalue weighted by molar-refractivity contribution is -0.122. The zero-order chi connectivity index (χ0) is 14.5. The molecular formula is C15H18N2O2S. The maximum atomic E-state index is 11.9. The summed E-state index contributed by atoms with van der Waals surface area (Å²) in [4.78, 5) is 14.3. The summed E-state index contributed by atoms with van der Waals surface area (Å²) in [5.41, 5.74) is 6.81. The predicted molar refractivity (Wildman–Crippen MR) is 80.7 cm³/mol. The minimum atomic E-state index is -0.583. The lowest BCUT2D eigenvalue weighted by Crippen LogP contribution is -2.41. The Morgan fingerprint density at radius 1 is 1.30 bits per heavy atom. The molecule has 106 valence electrons. The SMILES string of the molecule is Cc1ccc(CNC(=O)[C@H](N)Cc2ccc(O)cc2)s1. The number of carbonyl (C=O) groups is 1. The highest BCUT2D eigenvalue weighted by Gasteiger charge is 2.14. The van der Waals surface area contributed by atoms with Crippen LogP contribution in [0, 0.1) is 6.92 Å². The van der Waals surface area contributed by atoms with Gasteiger partial charge in [-0.15, -0.1) is 11.3 Å². The number of phenols is 1. The van der Waals surface area contributed by atoms with Crippen LogP contribution in [0.3, 0.4) is 0 Å². The highest BCUT2D eigenvalue weighted by atomic mass is 32.1. The van der Waals surface area contributed by atoms with Crippen LogP contribution in [-0.4, -0.2) is 17.1 Å². The van der Waals surface area contributed by atoms with Crippen LogP contribution in [0.2, 0.25) is 0 Å². The number of aromatic hydroxyl groups is 1. The van der Waals surface area contributed by atoms with E-state index in [4.69, 9.17) is 5.73 Å². The summed E-state index contributed by atoms with van der Waals surface area (Å²) in [6, 6.07) is 10.2. The molecule has 0 spiro atoms. The van der Waals surface area contributed by atoms with E-state index >= 15 is 0 Å². The molecule has 0 radical (unpaired) electrons. The average molecular weight is 290 g/mol. The van der Waals surface area contributed by atoms with Crippen molar-refractivity contribution in [2.24, 2.45) is 5.73 Å². The molecule has 0 aliphatic heterocycles. The van der Waals surface area contributed by atoms with Crippen molar-refractivity contribution in [3.8, 4) is 5.75 Å². The normalized spacial score (nSPS) is 12.1. The van der Waals surface area contributed by atoms with Crippen molar-refractivity contribution in [3.63, 3.8) is 0 Å². The summed E-state index contributed by atoms with van der Waals surface area (Å²) in [6.45, 7) is 2.55. The fraction of sp³-hybridized carbons (Fsp3) is 0.267.